The van der Waals surface area contributed by atoms with Gasteiger partial charge >= 0.3 is 17.9 Å². The van der Waals surface area contributed by atoms with Crippen LogP contribution < -0.4 is 0 Å². The van der Waals surface area contributed by atoms with Crippen molar-refractivity contribution in [1.29, 1.82) is 0 Å². The van der Waals surface area contributed by atoms with Crippen molar-refractivity contribution < 1.29 is 43.2 Å². The Morgan fingerprint density at radius 3 is 2.55 bits per heavy atom. The van der Waals surface area contributed by atoms with Gasteiger partial charge in [-0.15, -0.1) is 0 Å². The first-order chi connectivity index (χ1) is 17.7. The molecule has 0 aromatic rings. The van der Waals surface area contributed by atoms with Crippen LogP contribution in [-0.4, -0.2) is 57.8 Å². The topological polar surface area (TPSA) is 125 Å². The number of aliphatic hydroxyl groups is 1. The molecule has 0 amide bonds. The van der Waals surface area contributed by atoms with Crippen LogP contribution in [0.15, 0.2) is 23.5 Å². The second-order valence-corrected chi connectivity index (χ2v) is 13.2. The van der Waals surface area contributed by atoms with Crippen LogP contribution in [0.4, 0.5) is 0 Å². The van der Waals surface area contributed by atoms with Gasteiger partial charge < -0.3 is 24.1 Å². The van der Waals surface area contributed by atoms with Gasteiger partial charge in [-0.1, -0.05) is 13.8 Å². The Bertz CT molecular complexity index is 1200. The molecule has 38 heavy (non-hydrogen) atoms. The lowest BCUT2D eigenvalue weighted by atomic mass is 9.64. The smallest absolute Gasteiger partial charge is 0.339 e. The van der Waals surface area contributed by atoms with E-state index in [1.165, 1.54) is 0 Å². The number of rotatable bonds is 3. The Morgan fingerprint density at radius 1 is 1.13 bits per heavy atom. The number of cyclic esters (lactones) is 1. The fourth-order valence-corrected chi connectivity index (χ4v) is 8.74. The number of hydrogen-bond acceptors (Lipinski definition) is 9. The normalized spacial score (nSPS) is 46.7. The van der Waals surface area contributed by atoms with Gasteiger partial charge in [0.05, 0.1) is 24.0 Å². The predicted molar refractivity (Wildman–Crippen MR) is 131 cm³/mol. The van der Waals surface area contributed by atoms with E-state index < -0.39 is 58.2 Å². The average Bonchev–Trinajstić information content (AvgIpc) is 3.39. The molecule has 5 fully saturated rings. The first kappa shape index (κ1) is 25.7. The minimum absolute atomic E-state index is 0.0838. The Balaban J connectivity index is 1.33. The summed E-state index contributed by atoms with van der Waals surface area (Å²) in [5.74, 6) is -2.54. The van der Waals surface area contributed by atoms with Crippen LogP contribution in [0.2, 0.25) is 0 Å². The molecule has 9 unspecified atom stereocenters. The maximum atomic E-state index is 13.9. The Kier molecular flexibility index (Phi) is 5.42. The van der Waals surface area contributed by atoms with Gasteiger partial charge in [0.25, 0.3) is 0 Å². The van der Waals surface area contributed by atoms with Gasteiger partial charge in [0.2, 0.25) is 0 Å². The van der Waals surface area contributed by atoms with Gasteiger partial charge in [-0.2, -0.15) is 0 Å². The van der Waals surface area contributed by atoms with E-state index in [4.69, 9.17) is 18.9 Å². The fourth-order valence-electron chi connectivity index (χ4n) is 8.74. The van der Waals surface area contributed by atoms with Crippen LogP contribution >= 0.6 is 0 Å². The minimum Gasteiger partial charge on any atom is -0.462 e. The molecule has 4 heterocycles. The molecule has 3 saturated heterocycles. The van der Waals surface area contributed by atoms with E-state index in [0.717, 1.165) is 0 Å². The first-order valence-corrected chi connectivity index (χ1v) is 13.7. The maximum absolute atomic E-state index is 13.9. The van der Waals surface area contributed by atoms with Crippen molar-refractivity contribution in [3.05, 3.63) is 23.5 Å². The number of ether oxygens (including phenoxy) is 4. The zero-order chi connectivity index (χ0) is 27.4. The molecule has 4 aliphatic heterocycles. The van der Waals surface area contributed by atoms with E-state index in [1.54, 1.807) is 32.9 Å². The highest BCUT2D eigenvalue weighted by Crippen LogP contribution is 2.64. The highest BCUT2D eigenvalue weighted by Gasteiger charge is 2.73. The number of hydrogen-bond donors (Lipinski definition) is 1. The summed E-state index contributed by atoms with van der Waals surface area (Å²) >= 11 is 0. The highest BCUT2D eigenvalue weighted by molar-refractivity contribution is 5.94. The summed E-state index contributed by atoms with van der Waals surface area (Å²) in [5.41, 5.74) is -3.35. The molecule has 2 aliphatic carbocycles. The molecule has 9 heteroatoms. The van der Waals surface area contributed by atoms with Crippen LogP contribution in [0.5, 0.6) is 0 Å². The summed E-state index contributed by atoms with van der Waals surface area (Å²) in [6.45, 7) is 9.18. The molecule has 0 radical (unpaired) electrons. The highest BCUT2D eigenvalue weighted by atomic mass is 16.6. The Morgan fingerprint density at radius 2 is 1.87 bits per heavy atom. The SMILES string of the molecule is CC1=CC(=CC(C)C(=O)C2(C)CC(=O)OC3C4CCC5C(C)(C)OC6CC(=O)OC65CC4(O)CC32)OC1=O. The standard InChI is InChI=1S/C29H36O9/c1-14(8-16-9-15(2)25(33)35-16)24(32)27(5)12-22(31)36-23-17-6-7-19-26(3,4)37-20-10-21(30)38-29(19,20)13-28(17,34)11-18(23)27/h8-9,14,17-20,23,34H,6-7,10-13H2,1-5H3. The third-order valence-electron chi connectivity index (χ3n) is 10.4. The zero-order valence-corrected chi connectivity index (χ0v) is 22.6. The molecule has 9 nitrogen and oxygen atoms in total. The second-order valence-electron chi connectivity index (χ2n) is 13.2. The molecule has 9 atom stereocenters. The van der Waals surface area contributed by atoms with Gasteiger partial charge in [-0.05, 0) is 52.2 Å². The van der Waals surface area contributed by atoms with E-state index in [9.17, 15) is 24.3 Å². The molecule has 0 aromatic carbocycles. The first-order valence-electron chi connectivity index (χ1n) is 13.7. The monoisotopic (exact) mass is 528 g/mol. The number of allylic oxidation sites excluding steroid dienone is 2. The molecule has 1 N–H and O–H groups in total. The van der Waals surface area contributed by atoms with Crippen LogP contribution in [0.25, 0.3) is 0 Å². The van der Waals surface area contributed by atoms with Crippen molar-refractivity contribution >= 4 is 23.7 Å². The molecular weight excluding hydrogens is 492 g/mol. The van der Waals surface area contributed by atoms with Crippen LogP contribution in [0.1, 0.15) is 73.1 Å². The molecule has 1 spiro atoms. The Hall–Kier alpha value is -2.52. The average molecular weight is 529 g/mol. The van der Waals surface area contributed by atoms with E-state index in [2.05, 4.69) is 0 Å². The summed E-state index contributed by atoms with van der Waals surface area (Å²) in [7, 11) is 0. The van der Waals surface area contributed by atoms with Gasteiger partial charge in [-0.25, -0.2) is 4.79 Å². The van der Waals surface area contributed by atoms with Crippen molar-refractivity contribution in [3.8, 4) is 0 Å². The van der Waals surface area contributed by atoms with Gasteiger partial charge in [0, 0.05) is 41.1 Å². The summed E-state index contributed by atoms with van der Waals surface area (Å²) in [6, 6.07) is 0. The quantitative estimate of drug-likeness (QED) is 0.435. The number of Topliss-reactive ketones (excluding diaryl/α,β-unsaturated/α-hetero) is 1. The molecule has 206 valence electrons. The number of esters is 3. The third kappa shape index (κ3) is 3.50. The van der Waals surface area contributed by atoms with Crippen LogP contribution in [-0.2, 0) is 38.1 Å². The predicted octanol–water partition coefficient (Wildman–Crippen LogP) is 2.93. The number of carbonyl (C=O) groups is 4. The van der Waals surface area contributed by atoms with E-state index in [0.29, 0.717) is 24.2 Å². The number of ketones is 1. The van der Waals surface area contributed by atoms with E-state index in [1.807, 2.05) is 13.8 Å². The van der Waals surface area contributed by atoms with Gasteiger partial charge in [0.1, 0.15) is 29.4 Å². The summed E-state index contributed by atoms with van der Waals surface area (Å²) in [6.07, 6.45) is 3.91. The number of fused-ring (bicyclic) bond motifs is 3. The molecule has 6 aliphatic rings. The van der Waals surface area contributed by atoms with Crippen molar-refractivity contribution in [2.24, 2.45) is 29.1 Å². The molecule has 6 rings (SSSR count). The third-order valence-corrected chi connectivity index (χ3v) is 10.4. The molecular formula is C29H36O9. The fraction of sp³-hybridized carbons (Fsp3) is 0.724. The van der Waals surface area contributed by atoms with Crippen LogP contribution in [0, 0.1) is 29.1 Å². The van der Waals surface area contributed by atoms with E-state index in [-0.39, 0.29) is 49.3 Å². The summed E-state index contributed by atoms with van der Waals surface area (Å²) in [4.78, 5) is 51.1. The molecule has 0 bridgehead atoms. The summed E-state index contributed by atoms with van der Waals surface area (Å²) in [5, 5.41) is 12.3. The van der Waals surface area contributed by atoms with Crippen molar-refractivity contribution in [2.45, 2.75) is 102 Å². The molecule has 0 aromatic heterocycles. The minimum atomic E-state index is -1.29. The van der Waals surface area contributed by atoms with Crippen molar-refractivity contribution in [2.75, 3.05) is 0 Å². The lowest BCUT2D eigenvalue weighted by Crippen LogP contribution is -2.50. The lowest BCUT2D eigenvalue weighted by Gasteiger charge is -2.43. The molecule has 2 saturated carbocycles. The van der Waals surface area contributed by atoms with Crippen molar-refractivity contribution in [3.63, 3.8) is 0 Å². The summed E-state index contributed by atoms with van der Waals surface area (Å²) < 4.78 is 23.5. The van der Waals surface area contributed by atoms with Crippen LogP contribution in [0.3, 0.4) is 0 Å². The number of carbonyl (C=O) groups excluding carboxylic acids is 4. The van der Waals surface area contributed by atoms with Gasteiger partial charge in [-0.3, -0.25) is 14.4 Å². The zero-order valence-electron chi connectivity index (χ0n) is 22.6. The lowest BCUT2D eigenvalue weighted by molar-refractivity contribution is -0.177. The maximum Gasteiger partial charge on any atom is 0.339 e. The second kappa shape index (κ2) is 8.01. The van der Waals surface area contributed by atoms with E-state index >= 15 is 0 Å². The van der Waals surface area contributed by atoms with Crippen molar-refractivity contribution in [1.82, 2.24) is 0 Å². The Labute approximate surface area is 221 Å². The van der Waals surface area contributed by atoms with Gasteiger partial charge in [0.15, 0.2) is 0 Å². The largest absolute Gasteiger partial charge is 0.462 e.